The van der Waals surface area contributed by atoms with Crippen LogP contribution in [0.25, 0.3) is 6.08 Å². The molecule has 0 spiro atoms. The molecule has 0 unspecified atom stereocenters. The SMILES string of the molecule is C=Cc1ccc(CCCOC[C@H]2O[C@@H]3OC(C)(C)O[C@@H]3[C@H]3OC(C)(C)O[C@H]32)cc1. The van der Waals surface area contributed by atoms with E-state index in [1.54, 1.807) is 0 Å². The molecule has 3 aliphatic heterocycles. The molecule has 1 aromatic rings. The first-order valence-corrected chi connectivity index (χ1v) is 10.4. The normalized spacial score (nSPS) is 34.6. The van der Waals surface area contributed by atoms with Crippen LogP contribution in [0.1, 0.15) is 45.2 Å². The Balaban J connectivity index is 1.29. The van der Waals surface area contributed by atoms with Crippen LogP contribution in [-0.4, -0.2) is 55.5 Å². The van der Waals surface area contributed by atoms with Crippen molar-refractivity contribution in [2.24, 2.45) is 0 Å². The van der Waals surface area contributed by atoms with Crippen molar-refractivity contribution in [1.82, 2.24) is 0 Å². The highest BCUT2D eigenvalue weighted by molar-refractivity contribution is 5.47. The number of benzene rings is 1. The second kappa shape index (κ2) is 8.10. The molecule has 3 aliphatic rings. The van der Waals surface area contributed by atoms with E-state index in [4.69, 9.17) is 28.4 Å². The summed E-state index contributed by atoms with van der Waals surface area (Å²) in [7, 11) is 0. The zero-order valence-electron chi connectivity index (χ0n) is 17.8. The predicted molar refractivity (Wildman–Crippen MR) is 108 cm³/mol. The van der Waals surface area contributed by atoms with Crippen LogP contribution in [0.2, 0.25) is 0 Å². The summed E-state index contributed by atoms with van der Waals surface area (Å²) in [5.74, 6) is -1.38. The zero-order valence-corrected chi connectivity index (χ0v) is 17.8. The lowest BCUT2D eigenvalue weighted by atomic mass is 9.99. The fourth-order valence-corrected chi connectivity index (χ4v) is 4.23. The van der Waals surface area contributed by atoms with Gasteiger partial charge in [0.15, 0.2) is 17.9 Å². The van der Waals surface area contributed by atoms with Gasteiger partial charge < -0.3 is 28.4 Å². The molecule has 0 N–H and O–H groups in total. The summed E-state index contributed by atoms with van der Waals surface area (Å²) in [5, 5.41) is 0. The Kier molecular flexibility index (Phi) is 5.86. The number of rotatable bonds is 7. The summed E-state index contributed by atoms with van der Waals surface area (Å²) in [6.45, 7) is 12.5. The molecular weight excluding hydrogens is 372 g/mol. The highest BCUT2D eigenvalue weighted by Crippen LogP contribution is 2.44. The first-order valence-electron chi connectivity index (χ1n) is 10.4. The second-order valence-electron chi connectivity index (χ2n) is 8.83. The molecule has 0 amide bonds. The van der Waals surface area contributed by atoms with Gasteiger partial charge in [0.25, 0.3) is 0 Å². The van der Waals surface area contributed by atoms with Crippen LogP contribution in [0.3, 0.4) is 0 Å². The van der Waals surface area contributed by atoms with Crippen LogP contribution in [0.4, 0.5) is 0 Å². The van der Waals surface area contributed by atoms with Gasteiger partial charge in [-0.05, 0) is 51.7 Å². The Morgan fingerprint density at radius 2 is 1.59 bits per heavy atom. The lowest BCUT2D eigenvalue weighted by Gasteiger charge is -2.37. The van der Waals surface area contributed by atoms with Gasteiger partial charge in [-0.2, -0.15) is 0 Å². The molecule has 0 saturated carbocycles. The van der Waals surface area contributed by atoms with Crippen molar-refractivity contribution in [3.05, 3.63) is 42.0 Å². The Morgan fingerprint density at radius 3 is 2.31 bits per heavy atom. The summed E-state index contributed by atoms with van der Waals surface area (Å²) in [4.78, 5) is 0. The summed E-state index contributed by atoms with van der Waals surface area (Å²) < 4.78 is 36.3. The second-order valence-corrected chi connectivity index (χ2v) is 8.83. The third-order valence-electron chi connectivity index (χ3n) is 5.50. The van der Waals surface area contributed by atoms with E-state index < -0.39 is 17.9 Å². The molecule has 6 nitrogen and oxygen atoms in total. The van der Waals surface area contributed by atoms with Crippen LogP contribution >= 0.6 is 0 Å². The number of hydrogen-bond donors (Lipinski definition) is 0. The molecule has 3 heterocycles. The molecule has 1 aromatic carbocycles. The monoisotopic (exact) mass is 404 g/mol. The number of hydrogen-bond acceptors (Lipinski definition) is 6. The van der Waals surface area contributed by atoms with Crippen molar-refractivity contribution in [2.45, 2.75) is 82.8 Å². The Labute approximate surface area is 173 Å². The van der Waals surface area contributed by atoms with Gasteiger partial charge in [-0.15, -0.1) is 0 Å². The van der Waals surface area contributed by atoms with E-state index in [0.717, 1.165) is 18.4 Å². The zero-order chi connectivity index (χ0) is 20.6. The lowest BCUT2D eigenvalue weighted by molar-refractivity contribution is -0.243. The van der Waals surface area contributed by atoms with Crippen LogP contribution in [0.5, 0.6) is 0 Å². The number of aryl methyl sites for hydroxylation is 1. The molecule has 160 valence electrons. The van der Waals surface area contributed by atoms with Crippen LogP contribution in [0, 0.1) is 0 Å². The smallest absolute Gasteiger partial charge is 0.190 e. The van der Waals surface area contributed by atoms with Gasteiger partial charge in [-0.3, -0.25) is 0 Å². The van der Waals surface area contributed by atoms with Crippen molar-refractivity contribution >= 4 is 6.08 Å². The van der Waals surface area contributed by atoms with Crippen molar-refractivity contribution in [2.75, 3.05) is 13.2 Å². The van der Waals surface area contributed by atoms with E-state index in [9.17, 15) is 0 Å². The molecule has 6 heteroatoms. The van der Waals surface area contributed by atoms with Gasteiger partial charge in [0.05, 0.1) is 6.61 Å². The van der Waals surface area contributed by atoms with Gasteiger partial charge in [-0.25, -0.2) is 0 Å². The quantitative estimate of drug-likeness (QED) is 0.647. The molecule has 3 saturated heterocycles. The van der Waals surface area contributed by atoms with Crippen LogP contribution in [0.15, 0.2) is 30.8 Å². The molecule has 29 heavy (non-hydrogen) atoms. The van der Waals surface area contributed by atoms with Crippen molar-refractivity contribution in [3.63, 3.8) is 0 Å². The maximum absolute atomic E-state index is 6.16. The average molecular weight is 405 g/mol. The topological polar surface area (TPSA) is 55.4 Å². The number of fused-ring (bicyclic) bond motifs is 3. The van der Waals surface area contributed by atoms with Gasteiger partial charge in [0, 0.05) is 6.61 Å². The fraction of sp³-hybridized carbons (Fsp3) is 0.652. The van der Waals surface area contributed by atoms with E-state index >= 15 is 0 Å². The van der Waals surface area contributed by atoms with E-state index in [1.807, 2.05) is 33.8 Å². The van der Waals surface area contributed by atoms with Crippen molar-refractivity contribution < 1.29 is 28.4 Å². The van der Waals surface area contributed by atoms with Crippen molar-refractivity contribution in [1.29, 1.82) is 0 Å². The van der Waals surface area contributed by atoms with Crippen LogP contribution < -0.4 is 0 Å². The lowest BCUT2D eigenvalue weighted by Crippen LogP contribution is -2.56. The summed E-state index contributed by atoms with van der Waals surface area (Å²) >= 11 is 0. The molecule has 0 aliphatic carbocycles. The first-order chi connectivity index (χ1) is 13.8. The highest BCUT2D eigenvalue weighted by atomic mass is 16.9. The third kappa shape index (κ3) is 4.74. The maximum atomic E-state index is 6.16. The largest absolute Gasteiger partial charge is 0.379 e. The summed E-state index contributed by atoms with van der Waals surface area (Å²) in [6, 6.07) is 8.44. The first kappa shape index (κ1) is 21.0. The fourth-order valence-electron chi connectivity index (χ4n) is 4.23. The van der Waals surface area contributed by atoms with E-state index in [0.29, 0.717) is 13.2 Å². The Morgan fingerprint density at radius 1 is 0.931 bits per heavy atom. The van der Waals surface area contributed by atoms with Gasteiger partial charge >= 0.3 is 0 Å². The molecule has 0 aromatic heterocycles. The molecule has 4 rings (SSSR count). The van der Waals surface area contributed by atoms with Gasteiger partial charge in [-0.1, -0.05) is 36.9 Å². The predicted octanol–water partition coefficient (Wildman–Crippen LogP) is 3.68. The Bertz CT molecular complexity index is 713. The molecule has 5 atom stereocenters. The maximum Gasteiger partial charge on any atom is 0.190 e. The number of ether oxygens (including phenoxy) is 6. The van der Waals surface area contributed by atoms with E-state index in [1.165, 1.54) is 5.56 Å². The average Bonchev–Trinajstić information content (AvgIpc) is 3.16. The minimum Gasteiger partial charge on any atom is -0.379 e. The summed E-state index contributed by atoms with van der Waals surface area (Å²) in [6.07, 6.45) is 2.26. The molecule has 0 radical (unpaired) electrons. The van der Waals surface area contributed by atoms with Gasteiger partial charge in [0.1, 0.15) is 24.4 Å². The molecular formula is C23H32O6. The van der Waals surface area contributed by atoms with E-state index in [2.05, 4.69) is 30.8 Å². The molecule has 0 bridgehead atoms. The van der Waals surface area contributed by atoms with E-state index in [-0.39, 0.29) is 24.4 Å². The Hall–Kier alpha value is -1.28. The minimum absolute atomic E-state index is 0.234. The molecule has 3 fully saturated rings. The summed E-state index contributed by atoms with van der Waals surface area (Å²) in [5.41, 5.74) is 2.43. The van der Waals surface area contributed by atoms with Gasteiger partial charge in [0.2, 0.25) is 0 Å². The highest BCUT2D eigenvalue weighted by Gasteiger charge is 2.60. The van der Waals surface area contributed by atoms with Crippen molar-refractivity contribution in [3.8, 4) is 0 Å². The van der Waals surface area contributed by atoms with Crippen LogP contribution in [-0.2, 0) is 34.8 Å². The third-order valence-corrected chi connectivity index (χ3v) is 5.50. The minimum atomic E-state index is -0.702. The standard InChI is InChI=1S/C23H32O6/c1-6-15-9-11-16(12-10-15)8-7-13-24-14-17-18-19(27-22(2,3)26-18)20-21(25-17)29-23(4,5)28-20/h6,9-12,17-21H,1,7-8,13-14H2,2-5H3/t17-,18+,19+,20-,21-/m1/s1.